The second-order valence-electron chi connectivity index (χ2n) is 2.15. The zero-order valence-corrected chi connectivity index (χ0v) is 8.14. The van der Waals surface area contributed by atoms with Crippen LogP contribution in [0.5, 0.6) is 0 Å². The molecule has 0 radical (unpaired) electrons. The van der Waals surface area contributed by atoms with Gasteiger partial charge in [0.2, 0.25) is 0 Å². The number of hydrogen-bond acceptors (Lipinski definition) is 0. The normalized spacial score (nSPS) is 7.80. The van der Waals surface area contributed by atoms with Gasteiger partial charge in [0.15, 0.2) is 0 Å². The van der Waals surface area contributed by atoms with Crippen molar-refractivity contribution >= 4 is 21.0 Å². The van der Waals surface area contributed by atoms with Gasteiger partial charge < -0.3 is 0 Å². The van der Waals surface area contributed by atoms with E-state index in [1.807, 2.05) is 0 Å². The predicted octanol–water partition coefficient (Wildman–Crippen LogP) is 1.89. The van der Waals surface area contributed by atoms with Gasteiger partial charge in [-0.05, 0) is 13.8 Å². The molecule has 1 aromatic rings. The summed E-state index contributed by atoms with van der Waals surface area (Å²) in [5, 5.41) is 0. The molecule has 0 unspecified atom stereocenters. The topological polar surface area (TPSA) is 0 Å². The molecule has 0 aliphatic rings. The number of rotatable bonds is 0. The molecule has 0 amide bonds. The van der Waals surface area contributed by atoms with Crippen molar-refractivity contribution in [3.8, 4) is 0 Å². The van der Waals surface area contributed by atoms with Crippen LogP contribution in [-0.4, -0.2) is 21.0 Å². The van der Waals surface area contributed by atoms with Crippen molar-refractivity contribution in [2.45, 2.75) is 13.8 Å². The average molecular weight is 199 g/mol. The smallest absolute Gasteiger partial charge is 0.0398 e. The predicted molar refractivity (Wildman–Crippen MR) is 48.8 cm³/mol. The van der Waals surface area contributed by atoms with Crippen LogP contribution in [-0.2, 0) is 0 Å². The molecule has 1 rings (SSSR count). The van der Waals surface area contributed by atoms with Crippen LogP contribution in [0.3, 0.4) is 0 Å². The molecule has 1 aromatic carbocycles. The summed E-state index contributed by atoms with van der Waals surface area (Å²) in [6.45, 7) is 4.19. The van der Waals surface area contributed by atoms with Gasteiger partial charge in [-0.3, -0.25) is 0 Å². The summed E-state index contributed by atoms with van der Waals surface area (Å²) in [7, 11) is 0. The molecule has 0 N–H and O–H groups in total. The van der Waals surface area contributed by atoms with Gasteiger partial charge in [0.05, 0.1) is 0 Å². The zero-order chi connectivity index (χ0) is 7.98. The van der Waals surface area contributed by atoms with Crippen LogP contribution in [0.15, 0.2) is 24.3 Å². The third-order valence-electron chi connectivity index (χ3n) is 1.22. The van der Waals surface area contributed by atoms with Crippen LogP contribution < -0.4 is 0 Å². The van der Waals surface area contributed by atoms with E-state index in [-0.39, 0.29) is 0 Å². The molecule has 0 fully saturated rings. The third-order valence-corrected chi connectivity index (χ3v) is 1.22. The van der Waals surface area contributed by atoms with Crippen LogP contribution >= 0.6 is 0 Å². The standard InChI is InChI=1S/C8H10.CH2Se/c1-7-3-5-8(2)6-4-7;1-2/h3-6H,1-2H3;1H2. The minimum Gasteiger partial charge on any atom is -0.0591 e. The maximum absolute atomic E-state index is 3.12. The average Bonchev–Trinajstić information content (AvgIpc) is 2.00. The summed E-state index contributed by atoms with van der Waals surface area (Å²) in [5.41, 5.74) is 5.78. The Bertz CT molecular complexity index is 155. The molecular weight excluding hydrogens is 187 g/mol. The van der Waals surface area contributed by atoms with Crippen molar-refractivity contribution < 1.29 is 0 Å². The molecule has 0 nitrogen and oxygen atoms in total. The molecule has 0 aliphatic heterocycles. The Labute approximate surface area is 70.6 Å². The molecule has 0 spiro atoms. The monoisotopic (exact) mass is 200 g/mol. The van der Waals surface area contributed by atoms with Crippen LogP contribution in [0.2, 0.25) is 0 Å². The van der Waals surface area contributed by atoms with Gasteiger partial charge >= 0.3 is 21.0 Å². The minimum absolute atomic E-state index is 1.33. The van der Waals surface area contributed by atoms with Gasteiger partial charge in [0, 0.05) is 0 Å². The first-order valence-electron chi connectivity index (χ1n) is 3.11. The van der Waals surface area contributed by atoms with E-state index in [2.05, 4.69) is 59.1 Å². The number of aryl methyl sites for hydroxylation is 2. The maximum atomic E-state index is 3.12. The summed E-state index contributed by atoms with van der Waals surface area (Å²) < 4.78 is 0. The minimum atomic E-state index is 1.33. The quantitative estimate of drug-likeness (QED) is 0.560. The summed E-state index contributed by atoms with van der Waals surface area (Å²) in [6.07, 6.45) is 0. The molecule has 10 heavy (non-hydrogen) atoms. The molecule has 1 heteroatoms. The largest absolute Gasteiger partial charge is 0.0591 e. The first kappa shape index (κ1) is 9.61. The van der Waals surface area contributed by atoms with E-state index in [9.17, 15) is 0 Å². The van der Waals surface area contributed by atoms with Gasteiger partial charge in [-0.15, -0.1) is 0 Å². The van der Waals surface area contributed by atoms with Crippen LogP contribution in [0.4, 0.5) is 0 Å². The first-order chi connectivity index (χ1) is 4.79. The molecular formula is C9H12Se. The van der Waals surface area contributed by atoms with Crippen LogP contribution in [0.25, 0.3) is 0 Å². The summed E-state index contributed by atoms with van der Waals surface area (Å²) in [6, 6.07) is 8.48. The number of hydrogen-bond donors (Lipinski definition) is 0. The Balaban J connectivity index is 0.000000371. The van der Waals surface area contributed by atoms with E-state index >= 15 is 0 Å². The zero-order valence-electron chi connectivity index (χ0n) is 6.42. The van der Waals surface area contributed by atoms with E-state index in [1.54, 1.807) is 0 Å². The molecule has 0 aromatic heterocycles. The fraction of sp³-hybridized carbons (Fsp3) is 0.222. The summed E-state index contributed by atoms with van der Waals surface area (Å²) in [4.78, 5) is 0. The van der Waals surface area contributed by atoms with Crippen molar-refractivity contribution in [1.82, 2.24) is 0 Å². The second kappa shape index (κ2) is 5.40. The summed E-state index contributed by atoms with van der Waals surface area (Å²) in [5.74, 6) is 0. The Hall–Kier alpha value is -0.391. The third kappa shape index (κ3) is 3.60. The van der Waals surface area contributed by atoms with E-state index in [1.165, 1.54) is 11.1 Å². The van der Waals surface area contributed by atoms with E-state index in [0.717, 1.165) is 0 Å². The van der Waals surface area contributed by atoms with Gasteiger partial charge in [0.1, 0.15) is 0 Å². The molecule has 0 aliphatic carbocycles. The molecule has 0 saturated carbocycles. The fourth-order valence-corrected chi connectivity index (χ4v) is 0.637. The first-order valence-corrected chi connectivity index (χ1v) is 4.32. The van der Waals surface area contributed by atoms with Gasteiger partial charge in [-0.1, -0.05) is 35.4 Å². The van der Waals surface area contributed by atoms with Gasteiger partial charge in [-0.25, -0.2) is 0 Å². The van der Waals surface area contributed by atoms with E-state index in [0.29, 0.717) is 0 Å². The van der Waals surface area contributed by atoms with Gasteiger partial charge in [0.25, 0.3) is 0 Å². The van der Waals surface area contributed by atoms with Crippen LogP contribution in [0, 0.1) is 13.8 Å². The molecule has 54 valence electrons. The molecule has 0 atom stereocenters. The Morgan fingerprint density at radius 3 is 1.30 bits per heavy atom. The maximum Gasteiger partial charge on any atom is -0.0398 e. The van der Waals surface area contributed by atoms with E-state index in [4.69, 9.17) is 0 Å². The fourth-order valence-electron chi connectivity index (χ4n) is 0.637. The van der Waals surface area contributed by atoms with Crippen molar-refractivity contribution in [2.24, 2.45) is 0 Å². The molecule has 0 heterocycles. The van der Waals surface area contributed by atoms with Crippen molar-refractivity contribution in [3.05, 3.63) is 35.4 Å². The Morgan fingerprint density at radius 2 is 1.10 bits per heavy atom. The van der Waals surface area contributed by atoms with Gasteiger partial charge in [-0.2, -0.15) is 0 Å². The van der Waals surface area contributed by atoms with Crippen molar-refractivity contribution in [1.29, 1.82) is 0 Å². The SMILES string of the molecule is C=[Se].Cc1ccc(C)cc1. The Kier molecular flexibility index (Phi) is 5.19. The second-order valence-corrected chi connectivity index (χ2v) is 2.15. The molecule has 0 bridgehead atoms. The summed E-state index contributed by atoms with van der Waals surface area (Å²) >= 11 is 2.38. The number of benzene rings is 1. The van der Waals surface area contributed by atoms with Crippen molar-refractivity contribution in [2.75, 3.05) is 0 Å². The molecule has 0 saturated heterocycles. The van der Waals surface area contributed by atoms with E-state index < -0.39 is 0 Å². The van der Waals surface area contributed by atoms with Crippen molar-refractivity contribution in [3.63, 3.8) is 0 Å². The Morgan fingerprint density at radius 1 is 0.900 bits per heavy atom. The van der Waals surface area contributed by atoms with Crippen LogP contribution in [0.1, 0.15) is 11.1 Å².